The Labute approximate surface area is 138 Å². The monoisotopic (exact) mass is 411 g/mol. The van der Waals surface area contributed by atoms with Crippen LogP contribution in [0.5, 0.6) is 0 Å². The van der Waals surface area contributed by atoms with Gasteiger partial charge in [0, 0.05) is 25.9 Å². The number of rotatable bonds is 3. The molecule has 0 aliphatic rings. The summed E-state index contributed by atoms with van der Waals surface area (Å²) in [7, 11) is 0. The quantitative estimate of drug-likeness (QED) is 0.712. The van der Waals surface area contributed by atoms with Crippen LogP contribution in [0.2, 0.25) is 0 Å². The van der Waals surface area contributed by atoms with Crippen molar-refractivity contribution >= 4 is 55.2 Å². The number of primary amides is 1. The summed E-state index contributed by atoms with van der Waals surface area (Å²) < 4.78 is 1.62. The lowest BCUT2D eigenvalue weighted by Crippen LogP contribution is -2.19. The van der Waals surface area contributed by atoms with Crippen LogP contribution in [-0.4, -0.2) is 11.9 Å². The molecular formula is C14H11Br2N3O2. The van der Waals surface area contributed by atoms with Crippen LogP contribution in [0.15, 0.2) is 51.4 Å². The minimum Gasteiger partial charge on any atom is -0.351 e. The van der Waals surface area contributed by atoms with Crippen LogP contribution in [0.1, 0.15) is 10.4 Å². The highest BCUT2D eigenvalue weighted by molar-refractivity contribution is 9.11. The zero-order valence-electron chi connectivity index (χ0n) is 10.7. The zero-order valence-corrected chi connectivity index (χ0v) is 13.9. The topological polar surface area (TPSA) is 84.2 Å². The predicted octanol–water partition coefficient (Wildman–Crippen LogP) is 3.95. The Hall–Kier alpha value is -1.86. The Morgan fingerprint density at radius 1 is 0.857 bits per heavy atom. The van der Waals surface area contributed by atoms with E-state index in [1.807, 2.05) is 6.07 Å². The van der Waals surface area contributed by atoms with Gasteiger partial charge in [-0.1, -0.05) is 31.9 Å². The van der Waals surface area contributed by atoms with Gasteiger partial charge in [-0.15, -0.1) is 0 Å². The van der Waals surface area contributed by atoms with E-state index in [4.69, 9.17) is 5.73 Å². The average molecular weight is 413 g/mol. The molecule has 0 aliphatic heterocycles. The second-order valence-corrected chi connectivity index (χ2v) is 6.01. The minimum atomic E-state index is -0.634. The SMILES string of the molecule is NC(=O)Nc1ccc(NC(=O)c2cc(Br)cc(Br)c2)cc1. The van der Waals surface area contributed by atoms with E-state index in [0.717, 1.165) is 8.95 Å². The maximum Gasteiger partial charge on any atom is 0.316 e. The standard InChI is InChI=1S/C14H11Br2N3O2/c15-9-5-8(6-10(16)7-9)13(20)18-11-1-3-12(4-2-11)19-14(17)21/h1-7H,(H,18,20)(H3,17,19,21). The van der Waals surface area contributed by atoms with Gasteiger partial charge in [-0.05, 0) is 42.5 Å². The lowest BCUT2D eigenvalue weighted by molar-refractivity contribution is 0.102. The molecule has 21 heavy (non-hydrogen) atoms. The van der Waals surface area contributed by atoms with E-state index in [1.165, 1.54) is 0 Å². The maximum atomic E-state index is 12.1. The number of carbonyl (C=O) groups is 2. The fourth-order valence-electron chi connectivity index (χ4n) is 1.67. The fraction of sp³-hybridized carbons (Fsp3) is 0. The van der Waals surface area contributed by atoms with Crippen LogP contribution in [0, 0.1) is 0 Å². The molecule has 0 aliphatic carbocycles. The Morgan fingerprint density at radius 3 is 1.81 bits per heavy atom. The molecule has 0 heterocycles. The molecule has 108 valence electrons. The van der Waals surface area contributed by atoms with Crippen molar-refractivity contribution in [1.29, 1.82) is 0 Å². The Balaban J connectivity index is 2.10. The van der Waals surface area contributed by atoms with Gasteiger partial charge in [0.2, 0.25) is 0 Å². The molecule has 0 radical (unpaired) electrons. The highest BCUT2D eigenvalue weighted by Gasteiger charge is 2.08. The highest BCUT2D eigenvalue weighted by Crippen LogP contribution is 2.21. The van der Waals surface area contributed by atoms with Crippen molar-refractivity contribution in [3.63, 3.8) is 0 Å². The molecule has 0 fully saturated rings. The summed E-state index contributed by atoms with van der Waals surface area (Å²) in [4.78, 5) is 22.9. The first-order valence-corrected chi connectivity index (χ1v) is 7.46. The molecule has 0 bridgehead atoms. The van der Waals surface area contributed by atoms with Gasteiger partial charge >= 0.3 is 6.03 Å². The van der Waals surface area contributed by atoms with E-state index in [0.29, 0.717) is 16.9 Å². The van der Waals surface area contributed by atoms with E-state index >= 15 is 0 Å². The number of anilines is 2. The molecule has 4 N–H and O–H groups in total. The highest BCUT2D eigenvalue weighted by atomic mass is 79.9. The molecule has 2 rings (SSSR count). The summed E-state index contributed by atoms with van der Waals surface area (Å²) in [5, 5.41) is 5.21. The molecule has 0 unspecified atom stereocenters. The van der Waals surface area contributed by atoms with Crippen LogP contribution in [0.25, 0.3) is 0 Å². The molecule has 2 aromatic rings. The van der Waals surface area contributed by atoms with Crippen molar-refractivity contribution in [2.24, 2.45) is 5.73 Å². The summed E-state index contributed by atoms with van der Waals surface area (Å²) in [6.07, 6.45) is 0. The molecule has 5 nitrogen and oxygen atoms in total. The number of amides is 3. The van der Waals surface area contributed by atoms with Gasteiger partial charge in [0.25, 0.3) is 5.91 Å². The van der Waals surface area contributed by atoms with Crippen molar-refractivity contribution in [2.45, 2.75) is 0 Å². The average Bonchev–Trinajstić information content (AvgIpc) is 2.39. The van der Waals surface area contributed by atoms with Crippen LogP contribution in [-0.2, 0) is 0 Å². The van der Waals surface area contributed by atoms with Crippen molar-refractivity contribution in [1.82, 2.24) is 0 Å². The third kappa shape index (κ3) is 4.57. The van der Waals surface area contributed by atoms with Crippen LogP contribution in [0.4, 0.5) is 16.2 Å². The van der Waals surface area contributed by atoms with Crippen molar-refractivity contribution < 1.29 is 9.59 Å². The molecule has 0 saturated carbocycles. The number of urea groups is 1. The first kappa shape index (κ1) is 15.5. The summed E-state index contributed by atoms with van der Waals surface area (Å²) in [6, 6.07) is 11.3. The van der Waals surface area contributed by atoms with Gasteiger partial charge in [0.15, 0.2) is 0 Å². The summed E-state index contributed by atoms with van der Waals surface area (Å²) in [6.45, 7) is 0. The van der Waals surface area contributed by atoms with E-state index in [2.05, 4.69) is 42.5 Å². The maximum absolute atomic E-state index is 12.1. The molecule has 0 spiro atoms. The van der Waals surface area contributed by atoms with Gasteiger partial charge in [0.05, 0.1) is 0 Å². The van der Waals surface area contributed by atoms with Gasteiger partial charge in [-0.3, -0.25) is 4.79 Å². The number of nitrogens with two attached hydrogens (primary N) is 1. The molecule has 0 atom stereocenters. The van der Waals surface area contributed by atoms with Gasteiger partial charge in [0.1, 0.15) is 0 Å². The second kappa shape index (κ2) is 6.73. The van der Waals surface area contributed by atoms with E-state index < -0.39 is 6.03 Å². The van der Waals surface area contributed by atoms with Crippen molar-refractivity contribution in [2.75, 3.05) is 10.6 Å². The van der Waals surface area contributed by atoms with Crippen molar-refractivity contribution in [3.05, 3.63) is 57.0 Å². The van der Waals surface area contributed by atoms with Gasteiger partial charge < -0.3 is 16.4 Å². The number of carbonyl (C=O) groups excluding carboxylic acids is 2. The number of nitrogens with one attached hydrogen (secondary N) is 2. The smallest absolute Gasteiger partial charge is 0.316 e. The number of hydrogen-bond donors (Lipinski definition) is 3. The predicted molar refractivity (Wildman–Crippen MR) is 89.4 cm³/mol. The fourth-order valence-corrected chi connectivity index (χ4v) is 2.96. The van der Waals surface area contributed by atoms with Crippen LogP contribution >= 0.6 is 31.9 Å². The third-order valence-corrected chi connectivity index (χ3v) is 3.45. The molecular weight excluding hydrogens is 402 g/mol. The summed E-state index contributed by atoms with van der Waals surface area (Å²) in [5.41, 5.74) is 6.72. The van der Waals surface area contributed by atoms with Gasteiger partial charge in [-0.25, -0.2) is 4.79 Å². The molecule has 3 amide bonds. The molecule has 7 heteroatoms. The van der Waals surface area contributed by atoms with E-state index in [-0.39, 0.29) is 5.91 Å². The Morgan fingerprint density at radius 2 is 1.33 bits per heavy atom. The number of benzene rings is 2. The van der Waals surface area contributed by atoms with E-state index in [1.54, 1.807) is 36.4 Å². The molecule has 0 saturated heterocycles. The second-order valence-electron chi connectivity index (χ2n) is 4.18. The van der Waals surface area contributed by atoms with Gasteiger partial charge in [-0.2, -0.15) is 0 Å². The lowest BCUT2D eigenvalue weighted by atomic mass is 10.2. The summed E-state index contributed by atoms with van der Waals surface area (Å²) in [5.74, 6) is -0.229. The first-order chi connectivity index (χ1) is 9.94. The zero-order chi connectivity index (χ0) is 15.4. The van der Waals surface area contributed by atoms with Crippen LogP contribution in [0.3, 0.4) is 0 Å². The normalized spacial score (nSPS) is 10.0. The Kier molecular flexibility index (Phi) is 4.98. The first-order valence-electron chi connectivity index (χ1n) is 5.88. The Bertz CT molecular complexity index is 667. The summed E-state index contributed by atoms with van der Waals surface area (Å²) >= 11 is 6.67. The lowest BCUT2D eigenvalue weighted by Gasteiger charge is -2.07. The number of halogens is 2. The molecule has 2 aromatic carbocycles. The van der Waals surface area contributed by atoms with Crippen LogP contribution < -0.4 is 16.4 Å². The molecule has 0 aromatic heterocycles. The largest absolute Gasteiger partial charge is 0.351 e. The van der Waals surface area contributed by atoms with Crippen molar-refractivity contribution in [3.8, 4) is 0 Å². The minimum absolute atomic E-state index is 0.229. The van der Waals surface area contributed by atoms with E-state index in [9.17, 15) is 9.59 Å². The third-order valence-electron chi connectivity index (χ3n) is 2.54. The number of hydrogen-bond acceptors (Lipinski definition) is 2.